The van der Waals surface area contributed by atoms with Gasteiger partial charge in [0.1, 0.15) is 39.2 Å². The Labute approximate surface area is 152 Å². The van der Waals surface area contributed by atoms with Gasteiger partial charge in [-0.15, -0.1) is 16.4 Å². The van der Waals surface area contributed by atoms with Gasteiger partial charge in [0, 0.05) is 5.56 Å². The van der Waals surface area contributed by atoms with E-state index in [-0.39, 0.29) is 32.6 Å². The molecule has 102 valence electrons. The van der Waals surface area contributed by atoms with E-state index in [1.54, 1.807) is 6.07 Å². The molecule has 0 N–H and O–H groups in total. The lowest BCUT2D eigenvalue weighted by molar-refractivity contribution is 1.18. The second-order valence-corrected chi connectivity index (χ2v) is 5.55. The van der Waals surface area contributed by atoms with Crippen LogP contribution in [0.15, 0.2) is 36.4 Å². The van der Waals surface area contributed by atoms with Gasteiger partial charge in [0.25, 0.3) is 0 Å². The molecule has 0 bridgehead atoms. The molecule has 3 rings (SSSR count). The first kappa shape index (κ1) is 17.0. The predicted octanol–water partition coefficient (Wildman–Crippen LogP) is -1.57. The third-order valence-electron chi connectivity index (χ3n) is 3.72. The topological polar surface area (TPSA) is 25.8 Å². The zero-order chi connectivity index (χ0) is 17.4. The number of hydrogen-bond donors (Lipinski definition) is 0. The normalized spacial score (nSPS) is 10.7. The second-order valence-electron chi connectivity index (χ2n) is 5.22. The largest absolute Gasteiger partial charge is 0.223 e. The Balaban J connectivity index is 2.27. The lowest BCUT2D eigenvalue weighted by Crippen LogP contribution is -2.55. The molecule has 0 aliphatic heterocycles. The molecule has 0 unspecified atom stereocenters. The maximum Gasteiger partial charge on any atom is 0.223 e. The molecule has 0 aliphatic rings. The van der Waals surface area contributed by atoms with Crippen LogP contribution in [0, 0.1) is 0 Å². The summed E-state index contributed by atoms with van der Waals surface area (Å²) >= 11 is 6.07. The minimum absolute atomic E-state index is 0.0547. The zero-order valence-corrected chi connectivity index (χ0v) is 13.4. The van der Waals surface area contributed by atoms with Crippen molar-refractivity contribution in [1.29, 1.82) is 0 Å². The van der Waals surface area contributed by atoms with Crippen molar-refractivity contribution in [3.8, 4) is 22.5 Å². The van der Waals surface area contributed by atoms with Crippen LogP contribution in [0.2, 0.25) is 5.28 Å². The van der Waals surface area contributed by atoms with E-state index in [1.165, 1.54) is 0 Å². The van der Waals surface area contributed by atoms with Crippen LogP contribution in [-0.2, 0) is 0 Å². The zero-order valence-electron chi connectivity index (χ0n) is 12.6. The third-order valence-corrected chi connectivity index (χ3v) is 3.89. The van der Waals surface area contributed by atoms with E-state index in [0.29, 0.717) is 17.0 Å². The van der Waals surface area contributed by atoms with Crippen LogP contribution in [-0.4, -0.2) is 49.2 Å². The molecule has 24 heavy (non-hydrogen) atoms. The first-order valence-electron chi connectivity index (χ1n) is 7.01. The van der Waals surface area contributed by atoms with Crippen molar-refractivity contribution in [2.24, 2.45) is 0 Å². The third kappa shape index (κ3) is 2.93. The molecule has 0 amide bonds. The van der Waals surface area contributed by atoms with Gasteiger partial charge in [0.15, 0.2) is 0 Å². The van der Waals surface area contributed by atoms with E-state index < -0.39 is 0 Å². The highest BCUT2D eigenvalue weighted by Crippen LogP contribution is 2.22. The van der Waals surface area contributed by atoms with E-state index in [9.17, 15) is 0 Å². The summed E-state index contributed by atoms with van der Waals surface area (Å²) in [4.78, 5) is 8.44. The molecular weight excluding hydrogens is 310 g/mol. The quantitative estimate of drug-likeness (QED) is 0.422. The van der Waals surface area contributed by atoms with Gasteiger partial charge in [-0.25, -0.2) is 9.97 Å². The summed E-state index contributed by atoms with van der Waals surface area (Å²) in [6.45, 7) is 0. The minimum Gasteiger partial charge on any atom is -0.218 e. The van der Waals surface area contributed by atoms with Crippen LogP contribution >= 0.6 is 11.6 Å². The standard InChI is InChI=1S/C16H6B5ClN2/c17-11-10(12(18)14(20)15(21)13(11)19)9-6-8(23-16(22)24-9)7-4-2-1-3-5-7/h1-6H. The molecular formula is C16H6B5ClN2. The summed E-state index contributed by atoms with van der Waals surface area (Å²) in [5.74, 6) is 0. The van der Waals surface area contributed by atoms with Crippen LogP contribution in [0.5, 0.6) is 0 Å². The van der Waals surface area contributed by atoms with Crippen molar-refractivity contribution in [2.75, 3.05) is 0 Å². The van der Waals surface area contributed by atoms with Crippen LogP contribution in [0.3, 0.4) is 0 Å². The Morgan fingerprint density at radius 2 is 1.17 bits per heavy atom. The number of halogens is 1. The van der Waals surface area contributed by atoms with E-state index in [2.05, 4.69) is 9.97 Å². The fourth-order valence-corrected chi connectivity index (χ4v) is 2.61. The molecule has 1 heterocycles. The lowest BCUT2D eigenvalue weighted by Gasteiger charge is -2.21. The van der Waals surface area contributed by atoms with Gasteiger partial charge in [0.05, 0.1) is 11.4 Å². The molecule has 0 saturated carbocycles. The molecule has 1 aromatic heterocycles. The molecule has 3 aromatic rings. The maximum atomic E-state index is 6.08. The Bertz CT molecular complexity index is 902. The van der Waals surface area contributed by atoms with Crippen molar-refractivity contribution >= 4 is 78.1 Å². The van der Waals surface area contributed by atoms with Crippen LogP contribution in [0.1, 0.15) is 0 Å². The molecule has 0 atom stereocenters. The summed E-state index contributed by atoms with van der Waals surface area (Å²) in [6.07, 6.45) is 0. The van der Waals surface area contributed by atoms with Gasteiger partial charge in [-0.3, -0.25) is 0 Å². The summed E-state index contributed by atoms with van der Waals surface area (Å²) in [6, 6.07) is 11.2. The fraction of sp³-hybridized carbons (Fsp3) is 0. The SMILES string of the molecule is [B]c1c([B])c([B])c(-c2cc(-c3ccccc3)nc(Cl)n2)c([B])c1[B]. The van der Waals surface area contributed by atoms with Crippen molar-refractivity contribution < 1.29 is 0 Å². The molecule has 2 nitrogen and oxygen atoms in total. The van der Waals surface area contributed by atoms with Crippen LogP contribution in [0.4, 0.5) is 0 Å². The highest BCUT2D eigenvalue weighted by atomic mass is 35.5. The highest BCUT2D eigenvalue weighted by Gasteiger charge is 2.15. The first-order chi connectivity index (χ1) is 11.4. The predicted molar refractivity (Wildman–Crippen MR) is 105 cm³/mol. The van der Waals surface area contributed by atoms with Gasteiger partial charge >= 0.3 is 0 Å². The van der Waals surface area contributed by atoms with Gasteiger partial charge in [-0.05, 0) is 23.2 Å². The monoisotopic (exact) mass is 316 g/mol. The van der Waals surface area contributed by atoms with Gasteiger partial charge in [-0.1, -0.05) is 41.3 Å². The van der Waals surface area contributed by atoms with E-state index in [0.717, 1.165) is 5.56 Å². The average molecular weight is 316 g/mol. The average Bonchev–Trinajstić information content (AvgIpc) is 2.59. The smallest absolute Gasteiger partial charge is 0.218 e. The number of nitrogens with zero attached hydrogens (tertiary/aromatic N) is 2. The van der Waals surface area contributed by atoms with Crippen molar-refractivity contribution in [3.63, 3.8) is 0 Å². The number of benzene rings is 2. The molecule has 0 fully saturated rings. The molecule has 0 saturated heterocycles. The number of hydrogen-bond acceptors (Lipinski definition) is 2. The van der Waals surface area contributed by atoms with E-state index in [1.807, 2.05) is 30.3 Å². The lowest BCUT2D eigenvalue weighted by atomic mass is 9.60. The molecule has 10 radical (unpaired) electrons. The number of rotatable bonds is 2. The van der Waals surface area contributed by atoms with Gasteiger partial charge in [0.2, 0.25) is 5.28 Å². The van der Waals surface area contributed by atoms with Crippen molar-refractivity contribution in [3.05, 3.63) is 41.7 Å². The Hall–Kier alpha value is -1.87. The Morgan fingerprint density at radius 1 is 0.667 bits per heavy atom. The highest BCUT2D eigenvalue weighted by molar-refractivity contribution is 6.68. The minimum atomic E-state index is 0.0547. The maximum absolute atomic E-state index is 6.08. The molecule has 0 aliphatic carbocycles. The molecule has 8 heteroatoms. The van der Waals surface area contributed by atoms with Crippen LogP contribution < -0.4 is 27.3 Å². The Kier molecular flexibility index (Phi) is 4.64. The van der Waals surface area contributed by atoms with E-state index in [4.69, 9.17) is 50.8 Å². The molecule has 0 spiro atoms. The first-order valence-corrected chi connectivity index (χ1v) is 7.39. The molecule has 2 aromatic carbocycles. The van der Waals surface area contributed by atoms with Crippen molar-refractivity contribution in [2.45, 2.75) is 0 Å². The van der Waals surface area contributed by atoms with Gasteiger partial charge in [-0.2, -0.15) is 0 Å². The second kappa shape index (κ2) is 6.56. The summed E-state index contributed by atoms with van der Waals surface area (Å²) in [5, 5.41) is 0.0547. The number of aromatic nitrogens is 2. The van der Waals surface area contributed by atoms with Crippen LogP contribution in [0.25, 0.3) is 22.5 Å². The van der Waals surface area contributed by atoms with Gasteiger partial charge < -0.3 is 0 Å². The summed E-state index contributed by atoms with van der Waals surface area (Å²) in [7, 11) is 29.8. The summed E-state index contributed by atoms with van der Waals surface area (Å²) in [5.41, 5.74) is 3.18. The fourth-order valence-electron chi connectivity index (χ4n) is 2.43. The van der Waals surface area contributed by atoms with Crippen molar-refractivity contribution in [1.82, 2.24) is 9.97 Å². The summed E-state index contributed by atoms with van der Waals surface area (Å²) < 4.78 is 0. The van der Waals surface area contributed by atoms with E-state index >= 15 is 0 Å². The Morgan fingerprint density at radius 3 is 1.75 bits per heavy atom.